The molecule has 2 aromatic carbocycles. The zero-order chi connectivity index (χ0) is 20.1. The van der Waals surface area contributed by atoms with Gasteiger partial charge in [-0.05, 0) is 36.6 Å². The number of hydrogen-bond acceptors (Lipinski definition) is 5. The number of nitrogens with one attached hydrogen (secondary N) is 3. The summed E-state index contributed by atoms with van der Waals surface area (Å²) in [6.45, 7) is 3.96. The highest BCUT2D eigenvalue weighted by atomic mass is 32.2. The Kier molecular flexibility index (Phi) is 6.34. The maximum Gasteiger partial charge on any atom is 0.241 e. The third-order valence-electron chi connectivity index (χ3n) is 4.78. The number of rotatable bonds is 5. The van der Waals surface area contributed by atoms with E-state index in [1.807, 2.05) is 62.4 Å². The summed E-state index contributed by atoms with van der Waals surface area (Å²) in [5.74, 6) is -1.12. The molecule has 0 spiro atoms. The largest absolute Gasteiger partial charge is 0.331 e. The number of nitriles is 1. The molecule has 2 amide bonds. The second kappa shape index (κ2) is 8.91. The summed E-state index contributed by atoms with van der Waals surface area (Å²) < 4.78 is 0. The first-order chi connectivity index (χ1) is 13.5. The molecular weight excluding hydrogens is 372 g/mol. The van der Waals surface area contributed by atoms with Crippen LogP contribution in [0.15, 0.2) is 48.5 Å². The van der Waals surface area contributed by atoms with Crippen molar-refractivity contribution in [1.29, 1.82) is 5.26 Å². The summed E-state index contributed by atoms with van der Waals surface area (Å²) >= 11 is 1.28. The van der Waals surface area contributed by atoms with Crippen LogP contribution in [-0.4, -0.2) is 23.1 Å². The molecule has 0 saturated carbocycles. The lowest BCUT2D eigenvalue weighted by Gasteiger charge is -2.34. The van der Waals surface area contributed by atoms with Crippen LogP contribution in [0.2, 0.25) is 0 Å². The summed E-state index contributed by atoms with van der Waals surface area (Å²) in [7, 11) is 0. The lowest BCUT2D eigenvalue weighted by atomic mass is 9.92. The molecule has 0 bridgehead atoms. The van der Waals surface area contributed by atoms with E-state index in [1.54, 1.807) is 0 Å². The van der Waals surface area contributed by atoms with Gasteiger partial charge in [0, 0.05) is 5.69 Å². The third kappa shape index (κ3) is 4.53. The fourth-order valence-corrected chi connectivity index (χ4v) is 3.91. The van der Waals surface area contributed by atoms with E-state index in [2.05, 4.69) is 22.0 Å². The Labute approximate surface area is 168 Å². The average molecular weight is 395 g/mol. The normalized spacial score (nSPS) is 21.5. The van der Waals surface area contributed by atoms with Crippen molar-refractivity contribution in [2.75, 3.05) is 11.1 Å². The van der Waals surface area contributed by atoms with Crippen LogP contribution in [-0.2, 0) is 9.59 Å². The van der Waals surface area contributed by atoms with E-state index in [4.69, 9.17) is 0 Å². The van der Waals surface area contributed by atoms with Crippen molar-refractivity contribution in [3.05, 3.63) is 65.2 Å². The monoisotopic (exact) mass is 394 g/mol. The van der Waals surface area contributed by atoms with Gasteiger partial charge in [0.25, 0.3) is 0 Å². The van der Waals surface area contributed by atoms with E-state index in [0.717, 1.165) is 22.4 Å². The standard InChI is InChI=1S/C21H22N4O2S/c1-13-7-6-10-17(14(13)2)23-18(26)12-28-21-24-19(15-8-4-3-5-9-15)16(11-22)20(27)25-21/h3-10,16,19,21,24H,12H2,1-2H3,(H,23,26)(H,25,27). The number of amides is 2. The van der Waals surface area contributed by atoms with Gasteiger partial charge in [-0.15, -0.1) is 11.8 Å². The van der Waals surface area contributed by atoms with Crippen molar-refractivity contribution >= 4 is 29.3 Å². The second-order valence-electron chi connectivity index (χ2n) is 6.66. The Morgan fingerprint density at radius 2 is 1.93 bits per heavy atom. The molecule has 1 heterocycles. The molecule has 28 heavy (non-hydrogen) atoms. The van der Waals surface area contributed by atoms with Crippen LogP contribution in [0.5, 0.6) is 0 Å². The van der Waals surface area contributed by atoms with Crippen LogP contribution >= 0.6 is 11.8 Å². The predicted octanol–water partition coefficient (Wildman–Crippen LogP) is 2.86. The van der Waals surface area contributed by atoms with Crippen molar-refractivity contribution in [1.82, 2.24) is 10.6 Å². The van der Waals surface area contributed by atoms with Crippen molar-refractivity contribution in [2.45, 2.75) is 25.4 Å². The van der Waals surface area contributed by atoms with E-state index in [-0.39, 0.29) is 17.6 Å². The lowest BCUT2D eigenvalue weighted by Crippen LogP contribution is -2.56. The number of benzene rings is 2. The molecule has 0 aliphatic carbocycles. The van der Waals surface area contributed by atoms with Gasteiger partial charge in [-0.25, -0.2) is 0 Å². The Hall–Kier alpha value is -2.82. The molecule has 1 fully saturated rings. The minimum absolute atomic E-state index is 0.145. The molecule has 1 aliphatic rings. The summed E-state index contributed by atoms with van der Waals surface area (Å²) in [5.41, 5.74) is 3.35. The van der Waals surface area contributed by atoms with Crippen LogP contribution in [0.3, 0.4) is 0 Å². The number of carbonyl (C=O) groups is 2. The van der Waals surface area contributed by atoms with E-state index < -0.39 is 17.5 Å². The number of anilines is 1. The van der Waals surface area contributed by atoms with Crippen LogP contribution in [0.4, 0.5) is 5.69 Å². The summed E-state index contributed by atoms with van der Waals surface area (Å²) in [6.07, 6.45) is 0. The first kappa shape index (κ1) is 19.9. The SMILES string of the molecule is Cc1cccc(NC(=O)CSC2NC(=O)C(C#N)C(c3ccccc3)N2)c1C. The van der Waals surface area contributed by atoms with Gasteiger partial charge >= 0.3 is 0 Å². The molecule has 3 N–H and O–H groups in total. The van der Waals surface area contributed by atoms with Gasteiger partial charge in [0.05, 0.1) is 17.9 Å². The molecule has 3 unspecified atom stereocenters. The van der Waals surface area contributed by atoms with E-state index in [1.165, 1.54) is 11.8 Å². The summed E-state index contributed by atoms with van der Waals surface area (Å²) in [5, 5.41) is 18.3. The number of aryl methyl sites for hydroxylation is 1. The topological polar surface area (TPSA) is 94.0 Å². The maximum absolute atomic E-state index is 12.3. The molecule has 0 aromatic heterocycles. The van der Waals surface area contributed by atoms with Gasteiger partial charge in [-0.1, -0.05) is 42.5 Å². The molecule has 7 heteroatoms. The van der Waals surface area contributed by atoms with Crippen molar-refractivity contribution in [3.8, 4) is 6.07 Å². The average Bonchev–Trinajstić information content (AvgIpc) is 2.70. The van der Waals surface area contributed by atoms with Crippen LogP contribution in [0, 0.1) is 31.1 Å². The highest BCUT2D eigenvalue weighted by molar-refractivity contribution is 8.00. The van der Waals surface area contributed by atoms with E-state index in [0.29, 0.717) is 0 Å². The quantitative estimate of drug-likeness (QED) is 0.725. The highest BCUT2D eigenvalue weighted by Gasteiger charge is 2.37. The smallest absolute Gasteiger partial charge is 0.241 e. The molecular formula is C21H22N4O2S. The molecule has 1 saturated heterocycles. The van der Waals surface area contributed by atoms with E-state index in [9.17, 15) is 14.9 Å². The molecule has 3 atom stereocenters. The molecule has 2 aromatic rings. The van der Waals surface area contributed by atoms with Gasteiger partial charge < -0.3 is 10.6 Å². The van der Waals surface area contributed by atoms with Gasteiger partial charge in [0.1, 0.15) is 11.4 Å². The fourth-order valence-electron chi connectivity index (χ4n) is 3.08. The van der Waals surface area contributed by atoms with Crippen molar-refractivity contribution in [3.63, 3.8) is 0 Å². The predicted molar refractivity (Wildman–Crippen MR) is 110 cm³/mol. The van der Waals surface area contributed by atoms with Gasteiger partial charge in [-0.2, -0.15) is 5.26 Å². The number of hydrogen-bond donors (Lipinski definition) is 3. The number of carbonyl (C=O) groups excluding carboxylic acids is 2. The first-order valence-electron chi connectivity index (χ1n) is 8.98. The van der Waals surface area contributed by atoms with E-state index >= 15 is 0 Å². The number of thioether (sulfide) groups is 1. The molecule has 6 nitrogen and oxygen atoms in total. The van der Waals surface area contributed by atoms with Crippen LogP contribution in [0.1, 0.15) is 22.7 Å². The van der Waals surface area contributed by atoms with Crippen LogP contribution in [0.25, 0.3) is 0 Å². The molecule has 0 radical (unpaired) electrons. The Bertz CT molecular complexity index is 910. The zero-order valence-electron chi connectivity index (χ0n) is 15.7. The zero-order valence-corrected chi connectivity index (χ0v) is 16.5. The molecule has 1 aliphatic heterocycles. The summed E-state index contributed by atoms with van der Waals surface area (Å²) in [4.78, 5) is 24.7. The molecule has 3 rings (SSSR count). The Balaban J connectivity index is 1.63. The van der Waals surface area contributed by atoms with Crippen LogP contribution < -0.4 is 16.0 Å². The Morgan fingerprint density at radius 3 is 2.64 bits per heavy atom. The molecule has 144 valence electrons. The first-order valence-corrected chi connectivity index (χ1v) is 10.0. The Morgan fingerprint density at radius 1 is 1.18 bits per heavy atom. The third-order valence-corrected chi connectivity index (χ3v) is 5.79. The lowest BCUT2D eigenvalue weighted by molar-refractivity contribution is -0.126. The maximum atomic E-state index is 12.3. The van der Waals surface area contributed by atoms with Gasteiger partial charge in [0.15, 0.2) is 0 Å². The van der Waals surface area contributed by atoms with Crippen molar-refractivity contribution < 1.29 is 9.59 Å². The van der Waals surface area contributed by atoms with Gasteiger partial charge in [0.2, 0.25) is 11.8 Å². The van der Waals surface area contributed by atoms with Gasteiger partial charge in [-0.3, -0.25) is 14.9 Å². The number of nitrogens with zero attached hydrogens (tertiary/aromatic N) is 1. The minimum Gasteiger partial charge on any atom is -0.331 e. The second-order valence-corrected chi connectivity index (χ2v) is 7.75. The minimum atomic E-state index is -0.817. The van der Waals surface area contributed by atoms with Crippen molar-refractivity contribution in [2.24, 2.45) is 5.92 Å². The highest BCUT2D eigenvalue weighted by Crippen LogP contribution is 2.28. The summed E-state index contributed by atoms with van der Waals surface area (Å²) in [6, 6.07) is 16.8. The fraction of sp³-hybridized carbons (Fsp3) is 0.286.